The van der Waals surface area contributed by atoms with E-state index < -0.39 is 15.9 Å². The summed E-state index contributed by atoms with van der Waals surface area (Å²) in [5.41, 5.74) is 0. The van der Waals surface area contributed by atoms with Gasteiger partial charge in [-0.15, -0.1) is 0 Å². The van der Waals surface area contributed by atoms with Crippen LogP contribution in [0.15, 0.2) is 0 Å². The van der Waals surface area contributed by atoms with Gasteiger partial charge in [0.25, 0.3) is 0 Å². The van der Waals surface area contributed by atoms with Crippen LogP contribution in [0.25, 0.3) is 0 Å². The molecule has 0 aromatic carbocycles. The molecule has 0 rings (SSSR count). The van der Waals surface area contributed by atoms with Crippen molar-refractivity contribution < 1.29 is 13.2 Å². The lowest BCUT2D eigenvalue weighted by Gasteiger charge is -2.03. The summed E-state index contributed by atoms with van der Waals surface area (Å²) in [7, 11) is -1.60. The van der Waals surface area contributed by atoms with Crippen LogP contribution in [-0.4, -0.2) is 33.7 Å². The van der Waals surface area contributed by atoms with E-state index in [0.29, 0.717) is 13.0 Å². The van der Waals surface area contributed by atoms with E-state index in [-0.39, 0.29) is 12.2 Å². The van der Waals surface area contributed by atoms with Gasteiger partial charge in [-0.1, -0.05) is 0 Å². The van der Waals surface area contributed by atoms with Gasteiger partial charge in [0, 0.05) is 6.42 Å². The number of amides is 1. The van der Waals surface area contributed by atoms with Crippen LogP contribution >= 0.6 is 0 Å². The van der Waals surface area contributed by atoms with E-state index in [1.165, 1.54) is 6.92 Å². The third-order valence-electron chi connectivity index (χ3n) is 1.48. The van der Waals surface area contributed by atoms with Crippen LogP contribution in [-0.2, 0) is 14.8 Å². The van der Waals surface area contributed by atoms with Crippen molar-refractivity contribution in [3.8, 4) is 0 Å². The van der Waals surface area contributed by atoms with Gasteiger partial charge in [-0.3, -0.25) is 9.52 Å². The third kappa shape index (κ3) is 6.53. The minimum atomic E-state index is -3.38. The van der Waals surface area contributed by atoms with Gasteiger partial charge in [-0.2, -0.15) is 0 Å². The molecule has 78 valence electrons. The maximum Gasteiger partial charge on any atom is 0.234 e. The molecule has 0 atom stereocenters. The number of sulfonamides is 1. The second-order valence-corrected chi connectivity index (χ2v) is 4.65. The Kier molecular flexibility index (Phi) is 5.65. The first kappa shape index (κ1) is 12.4. The lowest BCUT2D eigenvalue weighted by molar-refractivity contribution is -0.119. The van der Waals surface area contributed by atoms with Crippen LogP contribution in [0.5, 0.6) is 0 Å². The second kappa shape index (κ2) is 5.93. The monoisotopic (exact) mass is 208 g/mol. The molecule has 1 amide bonds. The molecule has 0 aliphatic heterocycles. The molecule has 0 unspecified atom stereocenters. The number of nitrogens with one attached hydrogen (secondary N) is 2. The topological polar surface area (TPSA) is 75.3 Å². The normalized spacial score (nSPS) is 11.2. The van der Waals surface area contributed by atoms with Gasteiger partial charge in [-0.25, -0.2) is 8.42 Å². The number of carbonyl (C=O) groups excluding carboxylic acids is 1. The quantitative estimate of drug-likeness (QED) is 0.574. The minimum Gasteiger partial charge on any atom is -0.320 e. The summed E-state index contributed by atoms with van der Waals surface area (Å²) in [4.78, 5) is 11.0. The van der Waals surface area contributed by atoms with Crippen LogP contribution in [0.1, 0.15) is 19.8 Å². The SMILES string of the molecule is CCS(=O)(=O)NC(=O)CCCNC. The summed E-state index contributed by atoms with van der Waals surface area (Å²) >= 11 is 0. The fraction of sp³-hybridized carbons (Fsp3) is 0.857. The predicted octanol–water partition coefficient (Wildman–Crippen LogP) is -0.548. The smallest absolute Gasteiger partial charge is 0.234 e. The molecule has 13 heavy (non-hydrogen) atoms. The summed E-state index contributed by atoms with van der Waals surface area (Å²) in [5.74, 6) is -0.498. The van der Waals surface area contributed by atoms with Crippen molar-refractivity contribution in [1.29, 1.82) is 0 Å². The maximum atomic E-state index is 11.0. The maximum absolute atomic E-state index is 11.0. The van der Waals surface area contributed by atoms with E-state index in [9.17, 15) is 13.2 Å². The van der Waals surface area contributed by atoms with Crippen LogP contribution in [0.4, 0.5) is 0 Å². The van der Waals surface area contributed by atoms with E-state index in [1.807, 2.05) is 4.72 Å². The Morgan fingerprint density at radius 2 is 2.00 bits per heavy atom. The van der Waals surface area contributed by atoms with Crippen molar-refractivity contribution in [2.45, 2.75) is 19.8 Å². The molecule has 0 aromatic heterocycles. The summed E-state index contributed by atoms with van der Waals surface area (Å²) in [5, 5.41) is 2.87. The Hall–Kier alpha value is -0.620. The van der Waals surface area contributed by atoms with Gasteiger partial charge in [0.15, 0.2) is 0 Å². The van der Waals surface area contributed by atoms with E-state index in [2.05, 4.69) is 5.32 Å². The molecule has 0 fully saturated rings. The molecule has 0 saturated carbocycles. The van der Waals surface area contributed by atoms with Gasteiger partial charge in [0.2, 0.25) is 15.9 Å². The molecule has 0 bridgehead atoms. The minimum absolute atomic E-state index is 0.0647. The van der Waals surface area contributed by atoms with Gasteiger partial charge in [-0.05, 0) is 26.9 Å². The molecule has 5 nitrogen and oxygen atoms in total. The second-order valence-electron chi connectivity index (χ2n) is 2.64. The highest BCUT2D eigenvalue weighted by atomic mass is 32.2. The highest BCUT2D eigenvalue weighted by Crippen LogP contribution is 1.90. The molecule has 0 saturated heterocycles. The van der Waals surface area contributed by atoms with Gasteiger partial charge < -0.3 is 5.32 Å². The van der Waals surface area contributed by atoms with Crippen molar-refractivity contribution >= 4 is 15.9 Å². The first-order chi connectivity index (χ1) is 6.02. The molecule has 0 heterocycles. The van der Waals surface area contributed by atoms with E-state index in [0.717, 1.165) is 0 Å². The van der Waals surface area contributed by atoms with Crippen LogP contribution in [0.2, 0.25) is 0 Å². The summed E-state index contributed by atoms with van der Waals surface area (Å²) in [6.45, 7) is 2.20. The molecule has 0 radical (unpaired) electrons. The van der Waals surface area contributed by atoms with Crippen molar-refractivity contribution in [2.75, 3.05) is 19.3 Å². The zero-order chi connectivity index (χ0) is 10.3. The van der Waals surface area contributed by atoms with Gasteiger partial charge in [0.05, 0.1) is 5.75 Å². The summed E-state index contributed by atoms with van der Waals surface area (Å²) in [6, 6.07) is 0. The van der Waals surface area contributed by atoms with E-state index in [4.69, 9.17) is 0 Å². The van der Waals surface area contributed by atoms with E-state index in [1.54, 1.807) is 7.05 Å². The average molecular weight is 208 g/mol. The molecular weight excluding hydrogens is 192 g/mol. The number of carbonyl (C=O) groups is 1. The van der Waals surface area contributed by atoms with Crippen LogP contribution in [0.3, 0.4) is 0 Å². The summed E-state index contributed by atoms with van der Waals surface area (Å²) < 4.78 is 23.8. The molecule has 2 N–H and O–H groups in total. The van der Waals surface area contributed by atoms with Crippen molar-refractivity contribution in [2.24, 2.45) is 0 Å². The highest BCUT2D eigenvalue weighted by Gasteiger charge is 2.10. The highest BCUT2D eigenvalue weighted by molar-refractivity contribution is 7.90. The first-order valence-corrected chi connectivity index (χ1v) is 5.85. The zero-order valence-corrected chi connectivity index (χ0v) is 8.78. The molecule has 0 aromatic rings. The number of hydrogen-bond acceptors (Lipinski definition) is 4. The lowest BCUT2D eigenvalue weighted by Crippen LogP contribution is -2.31. The molecule has 0 spiro atoms. The van der Waals surface area contributed by atoms with Crippen molar-refractivity contribution in [1.82, 2.24) is 10.0 Å². The van der Waals surface area contributed by atoms with Gasteiger partial charge in [0.1, 0.15) is 0 Å². The van der Waals surface area contributed by atoms with Crippen LogP contribution in [0, 0.1) is 0 Å². The fourth-order valence-electron chi connectivity index (χ4n) is 0.722. The lowest BCUT2D eigenvalue weighted by atomic mass is 10.3. The van der Waals surface area contributed by atoms with Crippen molar-refractivity contribution in [3.05, 3.63) is 0 Å². The van der Waals surface area contributed by atoms with Crippen molar-refractivity contribution in [3.63, 3.8) is 0 Å². The summed E-state index contributed by atoms with van der Waals surface area (Å²) in [6.07, 6.45) is 0.877. The first-order valence-electron chi connectivity index (χ1n) is 4.19. The zero-order valence-electron chi connectivity index (χ0n) is 7.96. The standard InChI is InChI=1S/C7H16N2O3S/c1-3-13(11,12)9-7(10)5-4-6-8-2/h8H,3-6H2,1-2H3,(H,9,10). The predicted molar refractivity (Wildman–Crippen MR) is 50.8 cm³/mol. The van der Waals surface area contributed by atoms with Crippen LogP contribution < -0.4 is 10.0 Å². The average Bonchev–Trinajstić information content (AvgIpc) is 2.04. The fourth-order valence-corrected chi connectivity index (χ4v) is 1.32. The third-order valence-corrected chi connectivity index (χ3v) is 2.78. The Balaban J connectivity index is 3.75. The Bertz CT molecular complexity index is 248. The Morgan fingerprint density at radius 3 is 2.46 bits per heavy atom. The van der Waals surface area contributed by atoms with E-state index >= 15 is 0 Å². The Morgan fingerprint density at radius 1 is 1.38 bits per heavy atom. The molecule has 0 aliphatic rings. The molecular formula is C7H16N2O3S. The number of hydrogen-bond donors (Lipinski definition) is 2. The van der Waals surface area contributed by atoms with Gasteiger partial charge >= 0.3 is 0 Å². The molecule has 6 heteroatoms. The number of rotatable bonds is 6. The molecule has 0 aliphatic carbocycles. The Labute approximate surface area is 79.0 Å². The largest absolute Gasteiger partial charge is 0.320 e.